The molecule has 1 saturated heterocycles. The van der Waals surface area contributed by atoms with Crippen molar-refractivity contribution in [1.29, 1.82) is 5.26 Å². The number of nitrogens with one attached hydrogen (secondary N) is 1. The summed E-state index contributed by atoms with van der Waals surface area (Å²) in [6.45, 7) is 4.37. The molecule has 1 fully saturated rings. The first kappa shape index (κ1) is 14.3. The molecule has 0 amide bonds. The smallest absolute Gasteiger partial charge is 0.229 e. The fraction of sp³-hybridized carbons (Fsp3) is 0.353. The predicted molar refractivity (Wildman–Crippen MR) is 87.1 cm³/mol. The summed E-state index contributed by atoms with van der Waals surface area (Å²) in [4.78, 5) is 11.2. The van der Waals surface area contributed by atoms with E-state index in [1.807, 2.05) is 18.2 Å². The molecule has 0 radical (unpaired) electrons. The van der Waals surface area contributed by atoms with Gasteiger partial charge in [-0.2, -0.15) is 10.2 Å². The van der Waals surface area contributed by atoms with Gasteiger partial charge in [-0.15, -0.1) is 0 Å². The molecule has 22 heavy (non-hydrogen) atoms. The van der Waals surface area contributed by atoms with Crippen LogP contribution < -0.4 is 10.2 Å². The highest BCUT2D eigenvalue weighted by Gasteiger charge is 2.17. The lowest BCUT2D eigenvalue weighted by Gasteiger charge is -2.31. The van der Waals surface area contributed by atoms with Crippen molar-refractivity contribution in [3.05, 3.63) is 42.1 Å². The first-order valence-corrected chi connectivity index (χ1v) is 7.60. The van der Waals surface area contributed by atoms with E-state index in [2.05, 4.69) is 33.2 Å². The topological polar surface area (TPSA) is 64.8 Å². The Balaban J connectivity index is 1.77. The van der Waals surface area contributed by atoms with Crippen LogP contribution >= 0.6 is 0 Å². The molecule has 2 aromatic rings. The van der Waals surface area contributed by atoms with Gasteiger partial charge in [0.25, 0.3) is 0 Å². The van der Waals surface area contributed by atoms with Crippen molar-refractivity contribution in [1.82, 2.24) is 9.97 Å². The summed E-state index contributed by atoms with van der Waals surface area (Å²) >= 11 is 0. The fourth-order valence-electron chi connectivity index (χ4n) is 2.78. The highest BCUT2D eigenvalue weighted by molar-refractivity contribution is 5.57. The summed E-state index contributed by atoms with van der Waals surface area (Å²) < 4.78 is 0. The number of nitrogens with zero attached hydrogens (tertiary/aromatic N) is 4. The lowest BCUT2D eigenvalue weighted by atomic mass is 10.0. The molecule has 0 spiro atoms. The first-order chi connectivity index (χ1) is 10.7. The van der Waals surface area contributed by atoms with Gasteiger partial charge < -0.3 is 10.2 Å². The van der Waals surface area contributed by atoms with Crippen molar-refractivity contribution >= 4 is 17.5 Å². The first-order valence-electron chi connectivity index (χ1n) is 7.60. The molecular formula is C17H19N5. The fourth-order valence-corrected chi connectivity index (χ4v) is 2.78. The number of nitriles is 1. The molecule has 0 aliphatic carbocycles. The monoisotopic (exact) mass is 293 g/mol. The van der Waals surface area contributed by atoms with Crippen molar-refractivity contribution in [2.75, 3.05) is 23.3 Å². The van der Waals surface area contributed by atoms with Crippen LogP contribution in [0.3, 0.4) is 0 Å². The van der Waals surface area contributed by atoms with Crippen LogP contribution in [0.5, 0.6) is 0 Å². The standard InChI is InChI=1S/C17H19N5/c1-13-4-3-9-22(12-13)16-7-8-19-17(21-16)20-15-6-2-5-14(10-15)11-18/h2,5-8,10,13H,3-4,9,12H2,1H3,(H,19,20,21). The minimum atomic E-state index is 0.561. The number of anilines is 3. The molecule has 5 nitrogen and oxygen atoms in total. The quantitative estimate of drug-likeness (QED) is 0.940. The third-order valence-corrected chi connectivity index (χ3v) is 3.87. The van der Waals surface area contributed by atoms with Crippen molar-refractivity contribution in [3.8, 4) is 6.07 Å². The van der Waals surface area contributed by atoms with Crippen molar-refractivity contribution in [2.45, 2.75) is 19.8 Å². The molecule has 1 N–H and O–H groups in total. The highest BCUT2D eigenvalue weighted by atomic mass is 15.2. The molecule has 1 aliphatic rings. The average molecular weight is 293 g/mol. The summed E-state index contributed by atoms with van der Waals surface area (Å²) in [5.41, 5.74) is 1.44. The van der Waals surface area contributed by atoms with Gasteiger partial charge >= 0.3 is 0 Å². The third-order valence-electron chi connectivity index (χ3n) is 3.87. The Hall–Kier alpha value is -2.61. The zero-order valence-corrected chi connectivity index (χ0v) is 12.7. The molecule has 0 saturated carbocycles. The number of piperidine rings is 1. The zero-order chi connectivity index (χ0) is 15.4. The molecule has 112 valence electrons. The second kappa shape index (κ2) is 6.44. The van der Waals surface area contributed by atoms with Gasteiger partial charge in [-0.05, 0) is 43.0 Å². The Kier molecular flexibility index (Phi) is 4.19. The lowest BCUT2D eigenvalue weighted by molar-refractivity contribution is 0.444. The van der Waals surface area contributed by atoms with E-state index >= 15 is 0 Å². The van der Waals surface area contributed by atoms with Gasteiger partial charge in [0.1, 0.15) is 5.82 Å². The van der Waals surface area contributed by atoms with Crippen LogP contribution in [0.15, 0.2) is 36.5 Å². The molecule has 1 aliphatic heterocycles. The van der Waals surface area contributed by atoms with Crippen LogP contribution in [-0.2, 0) is 0 Å². The minimum absolute atomic E-state index is 0.561. The average Bonchev–Trinajstić information content (AvgIpc) is 2.55. The summed E-state index contributed by atoms with van der Waals surface area (Å²) in [6, 6.07) is 11.4. The maximum absolute atomic E-state index is 8.95. The number of hydrogen-bond donors (Lipinski definition) is 1. The second-order valence-corrected chi connectivity index (χ2v) is 5.75. The number of aromatic nitrogens is 2. The molecular weight excluding hydrogens is 274 g/mol. The van der Waals surface area contributed by atoms with Crippen molar-refractivity contribution in [2.24, 2.45) is 5.92 Å². The summed E-state index contributed by atoms with van der Waals surface area (Å²) in [5, 5.41) is 12.1. The number of benzene rings is 1. The maximum Gasteiger partial charge on any atom is 0.229 e. The van der Waals surface area contributed by atoms with Crippen LogP contribution in [0, 0.1) is 17.2 Å². The van der Waals surface area contributed by atoms with Crippen LogP contribution in [0.4, 0.5) is 17.5 Å². The van der Waals surface area contributed by atoms with E-state index in [1.165, 1.54) is 12.8 Å². The van der Waals surface area contributed by atoms with Gasteiger partial charge in [-0.1, -0.05) is 13.0 Å². The largest absolute Gasteiger partial charge is 0.356 e. The lowest BCUT2D eigenvalue weighted by Crippen LogP contribution is -2.34. The van der Waals surface area contributed by atoms with Gasteiger partial charge in [0.05, 0.1) is 11.6 Å². The van der Waals surface area contributed by atoms with Gasteiger partial charge in [-0.25, -0.2) is 4.98 Å². The van der Waals surface area contributed by atoms with Crippen LogP contribution in [0.25, 0.3) is 0 Å². The van der Waals surface area contributed by atoms with E-state index in [1.54, 1.807) is 18.3 Å². The van der Waals surface area contributed by atoms with Crippen molar-refractivity contribution in [3.63, 3.8) is 0 Å². The van der Waals surface area contributed by atoms with Crippen molar-refractivity contribution < 1.29 is 0 Å². The minimum Gasteiger partial charge on any atom is -0.356 e. The van der Waals surface area contributed by atoms with Gasteiger partial charge in [-0.3, -0.25) is 0 Å². The van der Waals surface area contributed by atoms with Crippen LogP contribution in [-0.4, -0.2) is 23.1 Å². The Labute approximate surface area is 130 Å². The highest BCUT2D eigenvalue weighted by Crippen LogP contribution is 2.22. The van der Waals surface area contributed by atoms with Gasteiger partial charge in [0.2, 0.25) is 5.95 Å². The molecule has 5 heteroatoms. The number of hydrogen-bond acceptors (Lipinski definition) is 5. The second-order valence-electron chi connectivity index (χ2n) is 5.75. The van der Waals surface area contributed by atoms with E-state index in [0.29, 0.717) is 17.4 Å². The Morgan fingerprint density at radius 2 is 2.27 bits per heavy atom. The summed E-state index contributed by atoms with van der Waals surface area (Å²) in [7, 11) is 0. The van der Waals surface area contributed by atoms with Crippen LogP contribution in [0.1, 0.15) is 25.3 Å². The molecule has 0 bridgehead atoms. The SMILES string of the molecule is CC1CCCN(c2ccnc(Nc3cccc(C#N)c3)n2)C1. The number of rotatable bonds is 3. The molecule has 1 unspecified atom stereocenters. The Morgan fingerprint density at radius 3 is 3.09 bits per heavy atom. The van der Waals surface area contributed by atoms with Gasteiger partial charge in [0.15, 0.2) is 0 Å². The summed E-state index contributed by atoms with van der Waals surface area (Å²) in [5.74, 6) is 2.22. The molecule has 1 aromatic carbocycles. The zero-order valence-electron chi connectivity index (χ0n) is 12.7. The van der Waals surface area contributed by atoms with E-state index < -0.39 is 0 Å². The summed E-state index contributed by atoms with van der Waals surface area (Å²) in [6.07, 6.45) is 4.27. The molecule has 2 heterocycles. The Morgan fingerprint density at radius 1 is 1.36 bits per heavy atom. The molecule has 3 rings (SSSR count). The normalized spacial score (nSPS) is 17.8. The molecule has 1 atom stereocenters. The molecule has 1 aromatic heterocycles. The third kappa shape index (κ3) is 3.34. The van der Waals surface area contributed by atoms with Gasteiger partial charge in [0, 0.05) is 25.0 Å². The van der Waals surface area contributed by atoms with E-state index in [4.69, 9.17) is 5.26 Å². The Bertz CT molecular complexity index is 691. The predicted octanol–water partition coefficient (Wildman–Crippen LogP) is 3.33. The maximum atomic E-state index is 8.95. The van der Waals surface area contributed by atoms with E-state index in [9.17, 15) is 0 Å². The van der Waals surface area contributed by atoms with E-state index in [-0.39, 0.29) is 0 Å². The van der Waals surface area contributed by atoms with E-state index in [0.717, 1.165) is 24.6 Å². The van der Waals surface area contributed by atoms with Crippen LogP contribution in [0.2, 0.25) is 0 Å².